The number of amides is 1. The molecule has 1 amide bonds. The fourth-order valence-corrected chi connectivity index (χ4v) is 3.15. The van der Waals surface area contributed by atoms with E-state index >= 15 is 0 Å². The molecule has 0 atom stereocenters. The lowest BCUT2D eigenvalue weighted by Crippen LogP contribution is -2.21. The van der Waals surface area contributed by atoms with Crippen molar-refractivity contribution in [3.05, 3.63) is 17.2 Å². The number of carbonyl (C=O) groups is 1. The van der Waals surface area contributed by atoms with Gasteiger partial charge in [0.1, 0.15) is 16.4 Å². The third-order valence-corrected chi connectivity index (χ3v) is 4.39. The van der Waals surface area contributed by atoms with Gasteiger partial charge in [0.2, 0.25) is 26.0 Å². The Labute approximate surface area is 119 Å². The Morgan fingerprint density at radius 1 is 1.15 bits per heavy atom. The molecule has 0 heterocycles. The van der Waals surface area contributed by atoms with Gasteiger partial charge in [-0.1, -0.05) is 11.6 Å². The van der Waals surface area contributed by atoms with Crippen LogP contribution in [0.15, 0.2) is 21.9 Å². The van der Waals surface area contributed by atoms with Gasteiger partial charge in [-0.2, -0.15) is 0 Å². The monoisotopic (exact) mass is 343 g/mol. The number of halogens is 1. The second-order valence-corrected chi connectivity index (χ2v) is 7.04. The number of carbonyl (C=O) groups excluding carboxylic acids is 1. The lowest BCUT2D eigenvalue weighted by atomic mass is 10.3. The highest BCUT2D eigenvalue weighted by Gasteiger charge is 2.23. The molecule has 0 aliphatic carbocycles. The van der Waals surface area contributed by atoms with E-state index in [2.05, 4.69) is 0 Å². The molecule has 0 aliphatic rings. The van der Waals surface area contributed by atoms with Crippen molar-refractivity contribution in [2.24, 2.45) is 10.3 Å². The van der Waals surface area contributed by atoms with Crippen LogP contribution in [-0.2, 0) is 24.8 Å². The number of nitrogens with one attached hydrogen (secondary N) is 1. The quantitative estimate of drug-likeness (QED) is 0.522. The zero-order chi connectivity index (χ0) is 15.7. The molecule has 1 aromatic carbocycles. The van der Waals surface area contributed by atoms with Gasteiger partial charge < -0.3 is 10.4 Å². The normalized spacial score (nSPS) is 12.2. The van der Waals surface area contributed by atoms with E-state index in [0.29, 0.717) is 6.07 Å². The maximum Gasteiger partial charge on any atom is 0.250 e. The summed E-state index contributed by atoms with van der Waals surface area (Å²) in [5.74, 6) is -0.936. The summed E-state index contributed by atoms with van der Waals surface area (Å²) in [6.45, 7) is -0.918. The first-order valence-electron chi connectivity index (χ1n) is 4.76. The lowest BCUT2D eigenvalue weighted by molar-refractivity contribution is -0.118. The second kappa shape index (κ2) is 5.63. The van der Waals surface area contributed by atoms with Crippen LogP contribution in [0.5, 0.6) is 0 Å². The van der Waals surface area contributed by atoms with Crippen molar-refractivity contribution in [3.63, 3.8) is 0 Å². The summed E-state index contributed by atoms with van der Waals surface area (Å²) in [6, 6.07) is 1.48. The van der Waals surface area contributed by atoms with Crippen molar-refractivity contribution < 1.29 is 26.7 Å². The summed E-state index contributed by atoms with van der Waals surface area (Å²) in [4.78, 5) is 9.71. The molecule has 0 saturated carbocycles. The molecule has 9 nitrogen and oxygen atoms in total. The SMILES string of the molecule is NS(=O)(=O)c1cc(S(N)(=O)=O)c(NC(=O)CO)cc1Cl. The molecule has 0 radical (unpaired) electrons. The third kappa shape index (κ3) is 3.88. The van der Waals surface area contributed by atoms with Gasteiger partial charge in [0.25, 0.3) is 0 Å². The molecular formula is C8H10ClN3O6S2. The number of rotatable bonds is 4. The van der Waals surface area contributed by atoms with E-state index in [-0.39, 0.29) is 5.69 Å². The zero-order valence-electron chi connectivity index (χ0n) is 9.70. The number of anilines is 1. The Kier molecular flexibility index (Phi) is 4.74. The minimum atomic E-state index is -4.36. The van der Waals surface area contributed by atoms with Crippen molar-refractivity contribution in [1.82, 2.24) is 0 Å². The molecule has 20 heavy (non-hydrogen) atoms. The van der Waals surface area contributed by atoms with Gasteiger partial charge in [-0.25, -0.2) is 27.1 Å². The number of hydrogen-bond acceptors (Lipinski definition) is 6. The van der Waals surface area contributed by atoms with Crippen LogP contribution in [0.4, 0.5) is 5.69 Å². The molecule has 0 spiro atoms. The molecule has 0 fully saturated rings. The van der Waals surface area contributed by atoms with Crippen molar-refractivity contribution in [1.29, 1.82) is 0 Å². The average Bonchev–Trinajstić information content (AvgIpc) is 2.25. The van der Waals surface area contributed by atoms with Gasteiger partial charge in [0.05, 0.1) is 10.7 Å². The van der Waals surface area contributed by atoms with E-state index in [1.165, 1.54) is 0 Å². The smallest absolute Gasteiger partial charge is 0.250 e. The lowest BCUT2D eigenvalue weighted by Gasteiger charge is -2.11. The van der Waals surface area contributed by atoms with Crippen LogP contribution in [-0.4, -0.2) is 34.5 Å². The predicted molar refractivity (Wildman–Crippen MR) is 69.9 cm³/mol. The third-order valence-electron chi connectivity index (χ3n) is 2.06. The van der Waals surface area contributed by atoms with E-state index in [0.717, 1.165) is 6.07 Å². The molecule has 0 aromatic heterocycles. The fourth-order valence-electron chi connectivity index (χ4n) is 1.28. The van der Waals surface area contributed by atoms with Crippen LogP contribution in [0.3, 0.4) is 0 Å². The summed E-state index contributed by atoms with van der Waals surface area (Å²) < 4.78 is 45.3. The van der Waals surface area contributed by atoms with Gasteiger partial charge in [0.15, 0.2) is 0 Å². The molecule has 1 aromatic rings. The molecular weight excluding hydrogens is 334 g/mol. The minimum Gasteiger partial charge on any atom is -0.387 e. The first-order chi connectivity index (χ1) is 8.96. The first kappa shape index (κ1) is 16.8. The van der Waals surface area contributed by atoms with Gasteiger partial charge in [-0.05, 0) is 12.1 Å². The summed E-state index contributed by atoms with van der Waals surface area (Å²) in [6.07, 6.45) is 0. The number of primary sulfonamides is 2. The average molecular weight is 344 g/mol. The van der Waals surface area contributed by atoms with E-state index < -0.39 is 47.4 Å². The number of aliphatic hydroxyl groups excluding tert-OH is 1. The Hall–Kier alpha value is -1.24. The topological polar surface area (TPSA) is 170 Å². The maximum absolute atomic E-state index is 11.4. The van der Waals surface area contributed by atoms with Crippen LogP contribution in [0, 0.1) is 0 Å². The van der Waals surface area contributed by atoms with Gasteiger partial charge in [0, 0.05) is 0 Å². The van der Waals surface area contributed by atoms with Crippen LogP contribution in [0.1, 0.15) is 0 Å². The van der Waals surface area contributed by atoms with Gasteiger partial charge in [-0.15, -0.1) is 0 Å². The predicted octanol–water partition coefficient (Wildman–Crippen LogP) is -1.43. The maximum atomic E-state index is 11.4. The molecule has 112 valence electrons. The van der Waals surface area contributed by atoms with Crippen molar-refractivity contribution in [2.75, 3.05) is 11.9 Å². The Bertz CT molecular complexity index is 759. The highest BCUT2D eigenvalue weighted by molar-refractivity contribution is 7.90. The van der Waals surface area contributed by atoms with Crippen LogP contribution in [0.25, 0.3) is 0 Å². The Balaban J connectivity index is 3.62. The number of hydrogen-bond donors (Lipinski definition) is 4. The van der Waals surface area contributed by atoms with Crippen molar-refractivity contribution in [2.45, 2.75) is 9.79 Å². The van der Waals surface area contributed by atoms with Gasteiger partial charge in [-0.3, -0.25) is 4.79 Å². The molecule has 12 heteroatoms. The molecule has 0 aliphatic heterocycles. The summed E-state index contributed by atoms with van der Waals surface area (Å²) in [7, 11) is -8.64. The Morgan fingerprint density at radius 3 is 2.05 bits per heavy atom. The second-order valence-electron chi connectivity index (χ2n) is 3.58. The summed E-state index contributed by atoms with van der Waals surface area (Å²) in [5.41, 5.74) is -0.371. The highest BCUT2D eigenvalue weighted by atomic mass is 35.5. The fraction of sp³-hybridized carbons (Fsp3) is 0.125. The van der Waals surface area contributed by atoms with E-state index in [9.17, 15) is 21.6 Å². The number of sulfonamides is 2. The first-order valence-corrected chi connectivity index (χ1v) is 8.23. The van der Waals surface area contributed by atoms with Crippen LogP contribution < -0.4 is 15.6 Å². The molecule has 0 bridgehead atoms. The number of nitrogens with two attached hydrogens (primary N) is 2. The van der Waals surface area contributed by atoms with E-state index in [4.69, 9.17) is 27.0 Å². The molecule has 0 unspecified atom stereocenters. The van der Waals surface area contributed by atoms with Crippen molar-refractivity contribution >= 4 is 43.2 Å². The number of benzene rings is 1. The van der Waals surface area contributed by atoms with Crippen LogP contribution >= 0.6 is 11.6 Å². The van der Waals surface area contributed by atoms with Gasteiger partial charge >= 0.3 is 0 Å². The zero-order valence-corrected chi connectivity index (χ0v) is 12.1. The molecule has 1 rings (SSSR count). The van der Waals surface area contributed by atoms with Crippen LogP contribution in [0.2, 0.25) is 5.02 Å². The highest BCUT2D eigenvalue weighted by Crippen LogP contribution is 2.30. The van der Waals surface area contributed by atoms with E-state index in [1.54, 1.807) is 0 Å². The van der Waals surface area contributed by atoms with Crippen molar-refractivity contribution in [3.8, 4) is 0 Å². The Morgan fingerprint density at radius 2 is 1.65 bits per heavy atom. The van der Waals surface area contributed by atoms with E-state index in [1.807, 2.05) is 5.32 Å². The number of aliphatic hydroxyl groups is 1. The molecule has 0 saturated heterocycles. The molecule has 6 N–H and O–H groups in total. The summed E-state index contributed by atoms with van der Waals surface area (Å²) >= 11 is 5.65. The summed E-state index contributed by atoms with van der Waals surface area (Å²) in [5, 5.41) is 20.0. The standard InChI is InChI=1S/C8H10ClN3O6S2/c9-4-1-5(12-8(14)3-13)7(20(11,17)18)2-6(4)19(10,15)16/h1-2,13H,3H2,(H,12,14)(H2,10,15,16)(H2,11,17,18). The minimum absolute atomic E-state index is 0.371. The largest absolute Gasteiger partial charge is 0.387 e.